The number of hydrogen-bond acceptors (Lipinski definition) is 8. The van der Waals surface area contributed by atoms with Crippen molar-refractivity contribution in [2.45, 2.75) is 5.92 Å². The van der Waals surface area contributed by atoms with Crippen molar-refractivity contribution >= 4 is 29.0 Å². The highest BCUT2D eigenvalue weighted by Gasteiger charge is 2.38. The molecule has 1 atom stereocenters. The fourth-order valence-corrected chi connectivity index (χ4v) is 3.53. The number of nitro groups is 1. The molecule has 176 valence electrons. The molecule has 0 spiro atoms. The summed E-state index contributed by atoms with van der Waals surface area (Å²) in [5.74, 6) is -1.82. The predicted molar refractivity (Wildman–Crippen MR) is 123 cm³/mol. The maximum absolute atomic E-state index is 13.0. The number of amides is 1. The van der Waals surface area contributed by atoms with Gasteiger partial charge in [0, 0.05) is 31.6 Å². The number of nitrogens with zero attached hydrogens (tertiary/aromatic N) is 2. The Morgan fingerprint density at radius 2 is 1.91 bits per heavy atom. The van der Waals surface area contributed by atoms with Crippen molar-refractivity contribution in [3.63, 3.8) is 0 Å². The van der Waals surface area contributed by atoms with E-state index in [2.05, 4.69) is 4.98 Å². The van der Waals surface area contributed by atoms with Gasteiger partial charge in [0.15, 0.2) is 0 Å². The zero-order chi connectivity index (χ0) is 25.0. The Balaban J connectivity index is 0.000000588. The van der Waals surface area contributed by atoms with Crippen LogP contribution in [0.1, 0.15) is 17.0 Å². The number of methoxy groups -OCH3 is 1. The molecule has 1 aliphatic heterocycles. The first kappa shape index (κ1) is 24.0. The van der Waals surface area contributed by atoms with Crippen LogP contribution in [0.3, 0.4) is 0 Å². The number of ether oxygens (including phenoxy) is 2. The quantitative estimate of drug-likeness (QED) is 0.256. The number of carbonyl (C=O) groups excluding carboxylic acids is 2. The fourth-order valence-electron chi connectivity index (χ4n) is 3.53. The number of aromatic nitrogens is 1. The van der Waals surface area contributed by atoms with Gasteiger partial charge in [0.2, 0.25) is 12.3 Å². The molecule has 0 saturated heterocycles. The molecule has 2 aromatic carbocycles. The minimum atomic E-state index is -1.00. The fraction of sp³-hybridized carbons (Fsp3) is 0.174. The molecule has 34 heavy (non-hydrogen) atoms. The number of para-hydroxylation sites is 1. The number of non-ortho nitro benzene ring substituents is 1. The maximum atomic E-state index is 13.0. The van der Waals surface area contributed by atoms with Crippen LogP contribution in [-0.4, -0.2) is 48.4 Å². The number of nitro benzene ring substituents is 1. The van der Waals surface area contributed by atoms with E-state index in [4.69, 9.17) is 15.2 Å². The van der Waals surface area contributed by atoms with Crippen LogP contribution in [0.2, 0.25) is 0 Å². The maximum Gasteiger partial charge on any atom is 0.340 e. The van der Waals surface area contributed by atoms with Gasteiger partial charge in [0.05, 0.1) is 29.0 Å². The first-order valence-corrected chi connectivity index (χ1v) is 9.96. The first-order valence-electron chi connectivity index (χ1n) is 9.96. The third-order valence-electron chi connectivity index (χ3n) is 4.99. The van der Waals surface area contributed by atoms with Crippen molar-refractivity contribution in [1.82, 2.24) is 9.88 Å². The van der Waals surface area contributed by atoms with Gasteiger partial charge in [-0.25, -0.2) is 4.79 Å². The lowest BCUT2D eigenvalue weighted by atomic mass is 9.82. The summed E-state index contributed by atoms with van der Waals surface area (Å²) in [5, 5.41) is 11.8. The summed E-state index contributed by atoms with van der Waals surface area (Å²) in [7, 11) is 4.55. The molecule has 11 heteroatoms. The highest BCUT2D eigenvalue weighted by molar-refractivity contribution is 5.95. The lowest BCUT2D eigenvalue weighted by Gasteiger charge is -2.28. The predicted octanol–water partition coefficient (Wildman–Crippen LogP) is 2.01. The van der Waals surface area contributed by atoms with Crippen LogP contribution < -0.4 is 16.0 Å². The number of H-pyrrole nitrogens is 1. The normalized spacial score (nSPS) is 14.3. The third kappa shape index (κ3) is 4.58. The van der Waals surface area contributed by atoms with E-state index in [1.54, 1.807) is 44.4 Å². The Kier molecular flexibility index (Phi) is 6.95. The number of aromatic amines is 1. The zero-order valence-electron chi connectivity index (χ0n) is 18.6. The molecule has 11 nitrogen and oxygen atoms in total. The molecular weight excluding hydrogens is 444 g/mol. The molecule has 4 rings (SSSR count). The number of carbonyl (C=O) groups is 2. The smallest absolute Gasteiger partial charge is 0.340 e. The number of rotatable bonds is 4. The van der Waals surface area contributed by atoms with Crippen molar-refractivity contribution in [3.05, 3.63) is 91.6 Å². The molecule has 1 amide bonds. The standard InChI is InChI=1S/C20H15N3O6.C3H7NO/c1-28-20(25)16-14(10-5-4-6-11(9-10)23(26)27)15-17(29-18(16)21)12-7-2-3-8-13(12)22-19(15)24;1-4(2)3-5/h2-9,14H,21H2,1H3,(H,22,24);3H,1-2H3/t14-;/m1./s1. The monoisotopic (exact) mass is 466 g/mol. The Bertz CT molecular complexity index is 1360. The van der Waals surface area contributed by atoms with Crippen LogP contribution in [0.5, 0.6) is 5.75 Å². The molecule has 0 saturated carbocycles. The summed E-state index contributed by atoms with van der Waals surface area (Å²) >= 11 is 0. The van der Waals surface area contributed by atoms with Gasteiger partial charge in [-0.3, -0.25) is 19.7 Å². The van der Waals surface area contributed by atoms with E-state index in [1.165, 1.54) is 30.2 Å². The van der Waals surface area contributed by atoms with Gasteiger partial charge in [0.25, 0.3) is 11.2 Å². The van der Waals surface area contributed by atoms with Crippen LogP contribution in [0.25, 0.3) is 10.9 Å². The third-order valence-corrected chi connectivity index (χ3v) is 4.99. The van der Waals surface area contributed by atoms with Crippen molar-refractivity contribution in [2.24, 2.45) is 5.73 Å². The average Bonchev–Trinajstić information content (AvgIpc) is 2.83. The van der Waals surface area contributed by atoms with Crippen LogP contribution in [0, 0.1) is 10.1 Å². The largest absolute Gasteiger partial charge is 0.465 e. The van der Waals surface area contributed by atoms with Crippen molar-refractivity contribution < 1.29 is 24.0 Å². The van der Waals surface area contributed by atoms with Crippen molar-refractivity contribution in [3.8, 4) is 5.75 Å². The molecule has 0 radical (unpaired) electrons. The highest BCUT2D eigenvalue weighted by Crippen LogP contribution is 2.44. The van der Waals surface area contributed by atoms with E-state index in [0.29, 0.717) is 16.5 Å². The molecule has 2 heterocycles. The van der Waals surface area contributed by atoms with E-state index in [1.807, 2.05) is 0 Å². The topological polar surface area (TPSA) is 158 Å². The Labute approximate surface area is 193 Å². The van der Waals surface area contributed by atoms with E-state index in [-0.39, 0.29) is 28.5 Å². The molecular formula is C23H22N4O7. The molecule has 0 unspecified atom stereocenters. The Morgan fingerprint density at radius 3 is 2.53 bits per heavy atom. The number of nitrogens with two attached hydrogens (primary N) is 1. The van der Waals surface area contributed by atoms with Gasteiger partial charge < -0.3 is 25.1 Å². The van der Waals surface area contributed by atoms with E-state index in [0.717, 1.165) is 6.41 Å². The van der Waals surface area contributed by atoms with Crippen molar-refractivity contribution in [1.29, 1.82) is 0 Å². The summed E-state index contributed by atoms with van der Waals surface area (Å²) in [4.78, 5) is 49.8. The summed E-state index contributed by atoms with van der Waals surface area (Å²) in [6, 6.07) is 12.6. The molecule has 0 bridgehead atoms. The van der Waals surface area contributed by atoms with Gasteiger partial charge in [-0.2, -0.15) is 0 Å². The van der Waals surface area contributed by atoms with Gasteiger partial charge in [-0.05, 0) is 17.7 Å². The van der Waals surface area contributed by atoms with Crippen LogP contribution in [-0.2, 0) is 14.3 Å². The summed E-state index contributed by atoms with van der Waals surface area (Å²) < 4.78 is 10.5. The van der Waals surface area contributed by atoms with Gasteiger partial charge in [-0.1, -0.05) is 24.3 Å². The Morgan fingerprint density at radius 1 is 1.24 bits per heavy atom. The first-order chi connectivity index (χ1) is 16.2. The van der Waals surface area contributed by atoms with E-state index >= 15 is 0 Å². The highest BCUT2D eigenvalue weighted by atomic mass is 16.6. The number of nitrogens with one attached hydrogen (secondary N) is 1. The molecule has 1 aliphatic rings. The molecule has 1 aromatic heterocycles. The van der Waals surface area contributed by atoms with Gasteiger partial charge >= 0.3 is 5.97 Å². The second-order valence-electron chi connectivity index (χ2n) is 7.47. The lowest BCUT2D eigenvalue weighted by Crippen LogP contribution is -2.31. The van der Waals surface area contributed by atoms with Gasteiger partial charge in [0.1, 0.15) is 11.3 Å². The zero-order valence-corrected chi connectivity index (χ0v) is 18.6. The number of fused-ring (bicyclic) bond motifs is 3. The molecule has 0 fully saturated rings. The minimum absolute atomic E-state index is 0.0960. The van der Waals surface area contributed by atoms with E-state index in [9.17, 15) is 24.5 Å². The number of pyridine rings is 1. The van der Waals surface area contributed by atoms with Crippen molar-refractivity contribution in [2.75, 3.05) is 21.2 Å². The number of hydrogen-bond donors (Lipinski definition) is 2. The van der Waals surface area contributed by atoms with Gasteiger partial charge in [-0.15, -0.1) is 0 Å². The summed E-state index contributed by atoms with van der Waals surface area (Å²) in [6.07, 6.45) is 0.750. The molecule has 0 aliphatic carbocycles. The summed E-state index contributed by atoms with van der Waals surface area (Å²) in [5.41, 5.74) is 6.27. The SMILES string of the molecule is CN(C)C=O.COC(=O)C1=C(N)Oc2c(c(=O)[nH]c3ccccc23)[C@H]1c1cccc([N+](=O)[O-])c1. The second-order valence-corrected chi connectivity index (χ2v) is 7.47. The second kappa shape index (κ2) is 9.86. The minimum Gasteiger partial charge on any atom is -0.465 e. The summed E-state index contributed by atoms with van der Waals surface area (Å²) in [6.45, 7) is 0. The lowest BCUT2D eigenvalue weighted by molar-refractivity contribution is -0.384. The number of benzene rings is 2. The van der Waals surface area contributed by atoms with Crippen LogP contribution >= 0.6 is 0 Å². The van der Waals surface area contributed by atoms with E-state index < -0.39 is 22.4 Å². The van der Waals surface area contributed by atoms with Crippen LogP contribution in [0.15, 0.2) is 64.8 Å². The van der Waals surface area contributed by atoms with Crippen LogP contribution in [0.4, 0.5) is 5.69 Å². The molecule has 3 N–H and O–H groups in total. The molecule has 3 aromatic rings. The average molecular weight is 466 g/mol. The Hall–Kier alpha value is -4.67. The number of esters is 1.